The maximum absolute atomic E-state index is 13.3. The molecule has 162 valence electrons. The van der Waals surface area contributed by atoms with Crippen LogP contribution in [0.2, 0.25) is 10.0 Å². The topological polar surface area (TPSA) is 118 Å². The summed E-state index contributed by atoms with van der Waals surface area (Å²) in [5.41, 5.74) is 6.60. The van der Waals surface area contributed by atoms with Crippen molar-refractivity contribution >= 4 is 52.0 Å². The Kier molecular flexibility index (Phi) is 8.11. The Morgan fingerprint density at radius 3 is 2.63 bits per heavy atom. The molecule has 0 saturated carbocycles. The summed E-state index contributed by atoms with van der Waals surface area (Å²) >= 11 is 13.9. The van der Waals surface area contributed by atoms with E-state index in [9.17, 15) is 19.7 Å². The van der Waals surface area contributed by atoms with Gasteiger partial charge in [0.15, 0.2) is 5.13 Å². The molecule has 7 nitrogen and oxygen atoms in total. The first kappa shape index (κ1) is 23.4. The fourth-order valence-corrected chi connectivity index (χ4v) is 5.01. The van der Waals surface area contributed by atoms with Gasteiger partial charge in [0.05, 0.1) is 27.6 Å². The van der Waals surface area contributed by atoms with Gasteiger partial charge in [0.2, 0.25) is 0 Å². The van der Waals surface area contributed by atoms with Gasteiger partial charge in [-0.1, -0.05) is 35.0 Å². The first-order valence-electron chi connectivity index (χ1n) is 8.67. The minimum atomic E-state index is -1.25. The van der Waals surface area contributed by atoms with Gasteiger partial charge in [-0.15, -0.1) is 11.3 Å². The highest BCUT2D eigenvalue weighted by Crippen LogP contribution is 2.36. The van der Waals surface area contributed by atoms with Crippen LogP contribution in [0.4, 0.5) is 4.39 Å². The maximum atomic E-state index is 13.3. The van der Waals surface area contributed by atoms with E-state index in [-0.39, 0.29) is 5.70 Å². The summed E-state index contributed by atoms with van der Waals surface area (Å²) < 4.78 is 18.9. The third-order valence-electron chi connectivity index (χ3n) is 4.39. The number of nitrogens with one attached hydrogen (secondary N) is 2. The summed E-state index contributed by atoms with van der Waals surface area (Å²) in [6.45, 7) is -0.472. The molecule has 0 aliphatic carbocycles. The van der Waals surface area contributed by atoms with Crippen molar-refractivity contribution in [2.24, 2.45) is 5.11 Å². The van der Waals surface area contributed by atoms with E-state index in [4.69, 9.17) is 33.5 Å². The molecular formula is C18H18Cl2FN3O4S2. The largest absolute Gasteiger partial charge is 0.394 e. The standard InChI is InChI=1S/C18H18Cl2FN3O4S2/c19-9-2-1-8(5-10(9)20)29-18-17(27)15(16(26)12(7-25)28-18)23-6-11(24-22)13-3-4-14(21)30-13/h1-6,12,15-18,22-23,25-27H,7H2/b11-6-,24-22?/t12?,15?,16-,17?,18+/m0/s1. The second kappa shape index (κ2) is 10.4. The summed E-state index contributed by atoms with van der Waals surface area (Å²) in [7, 11) is 0. The molecule has 1 aliphatic rings. The van der Waals surface area contributed by atoms with Crippen LogP contribution >= 0.6 is 46.3 Å². The molecule has 3 unspecified atom stereocenters. The Balaban J connectivity index is 1.80. The Morgan fingerprint density at radius 1 is 1.27 bits per heavy atom. The van der Waals surface area contributed by atoms with Crippen LogP contribution in [-0.2, 0) is 4.74 Å². The molecule has 5 atom stereocenters. The molecule has 12 heteroatoms. The molecule has 1 saturated heterocycles. The molecule has 5 N–H and O–H groups in total. The number of aliphatic hydroxyl groups is 3. The van der Waals surface area contributed by atoms with Gasteiger partial charge < -0.3 is 25.4 Å². The highest BCUT2D eigenvalue weighted by atomic mass is 35.5. The van der Waals surface area contributed by atoms with Crippen LogP contribution in [0.15, 0.2) is 46.5 Å². The Labute approximate surface area is 190 Å². The van der Waals surface area contributed by atoms with E-state index in [1.54, 1.807) is 18.2 Å². The number of hydrogen-bond donors (Lipinski definition) is 5. The third-order valence-corrected chi connectivity index (χ3v) is 7.17. The molecule has 30 heavy (non-hydrogen) atoms. The molecule has 0 amide bonds. The number of benzene rings is 1. The Bertz CT molecular complexity index is 933. The third kappa shape index (κ3) is 5.32. The van der Waals surface area contributed by atoms with E-state index < -0.39 is 41.5 Å². The van der Waals surface area contributed by atoms with E-state index in [0.717, 1.165) is 23.1 Å². The summed E-state index contributed by atoms with van der Waals surface area (Å²) in [6, 6.07) is 6.72. The number of aliphatic hydroxyl groups excluding tert-OH is 3. The lowest BCUT2D eigenvalue weighted by Crippen LogP contribution is -2.61. The molecule has 1 aliphatic heterocycles. The van der Waals surface area contributed by atoms with Gasteiger partial charge in [-0.25, -0.2) is 5.53 Å². The zero-order valence-corrected chi connectivity index (χ0v) is 18.4. The number of hydrogen-bond acceptors (Lipinski definition) is 9. The molecule has 1 aromatic heterocycles. The first-order valence-corrected chi connectivity index (χ1v) is 11.1. The van der Waals surface area contributed by atoms with Crippen LogP contribution in [0, 0.1) is 10.7 Å². The van der Waals surface area contributed by atoms with Crippen molar-refractivity contribution in [3.8, 4) is 0 Å². The second-order valence-electron chi connectivity index (χ2n) is 6.34. The van der Waals surface area contributed by atoms with Crippen molar-refractivity contribution in [2.45, 2.75) is 34.7 Å². The fourth-order valence-electron chi connectivity index (χ4n) is 2.85. The predicted molar refractivity (Wildman–Crippen MR) is 114 cm³/mol. The number of nitrogens with zero attached hydrogens (tertiary/aromatic N) is 1. The summed E-state index contributed by atoms with van der Waals surface area (Å²) in [6.07, 6.45) is -2.10. The van der Waals surface area contributed by atoms with Crippen molar-refractivity contribution in [2.75, 3.05) is 6.61 Å². The van der Waals surface area contributed by atoms with E-state index in [1.807, 2.05) is 0 Å². The summed E-state index contributed by atoms with van der Waals surface area (Å²) in [5, 5.41) is 37.4. The molecule has 0 radical (unpaired) electrons. The van der Waals surface area contributed by atoms with E-state index in [1.165, 1.54) is 18.3 Å². The first-order chi connectivity index (χ1) is 14.3. The Hall–Kier alpha value is -1.24. The molecule has 0 bridgehead atoms. The van der Waals surface area contributed by atoms with Gasteiger partial charge in [0, 0.05) is 11.1 Å². The number of rotatable bonds is 7. The van der Waals surface area contributed by atoms with Gasteiger partial charge in [0.1, 0.15) is 29.4 Å². The zero-order chi connectivity index (χ0) is 21.8. The number of halogens is 3. The van der Waals surface area contributed by atoms with Crippen molar-refractivity contribution in [1.82, 2.24) is 5.32 Å². The van der Waals surface area contributed by atoms with E-state index in [0.29, 0.717) is 19.8 Å². The van der Waals surface area contributed by atoms with E-state index >= 15 is 0 Å². The number of thioether (sulfide) groups is 1. The lowest BCUT2D eigenvalue weighted by atomic mass is 9.97. The van der Waals surface area contributed by atoms with Crippen molar-refractivity contribution in [3.63, 3.8) is 0 Å². The van der Waals surface area contributed by atoms with Crippen molar-refractivity contribution in [3.05, 3.63) is 56.6 Å². The number of thiophene rings is 1. The van der Waals surface area contributed by atoms with Gasteiger partial charge >= 0.3 is 0 Å². The fraction of sp³-hybridized carbons (Fsp3) is 0.333. The minimum absolute atomic E-state index is 0.129. The predicted octanol–water partition coefficient (Wildman–Crippen LogP) is 3.71. The summed E-state index contributed by atoms with van der Waals surface area (Å²) in [5.74, 6) is 0. The lowest BCUT2D eigenvalue weighted by molar-refractivity contribution is -0.164. The Morgan fingerprint density at radius 2 is 2.03 bits per heavy atom. The smallest absolute Gasteiger partial charge is 0.177 e. The van der Waals surface area contributed by atoms with Crippen LogP contribution in [0.25, 0.3) is 5.70 Å². The van der Waals surface area contributed by atoms with Crippen molar-refractivity contribution in [1.29, 1.82) is 5.53 Å². The van der Waals surface area contributed by atoms with Crippen LogP contribution in [0.3, 0.4) is 0 Å². The average Bonchev–Trinajstić information content (AvgIpc) is 3.15. The monoisotopic (exact) mass is 493 g/mol. The van der Waals surface area contributed by atoms with Crippen LogP contribution < -0.4 is 5.32 Å². The van der Waals surface area contributed by atoms with Crippen molar-refractivity contribution < 1.29 is 24.4 Å². The SMILES string of the molecule is N=N/C(=C\NC1C(O)[C@@H](Sc2ccc(Cl)c(Cl)c2)OC(CO)[C@@H]1O)c1ccc(F)s1. The maximum Gasteiger partial charge on any atom is 0.177 e. The number of ether oxygens (including phenoxy) is 1. The molecular weight excluding hydrogens is 476 g/mol. The average molecular weight is 494 g/mol. The highest BCUT2D eigenvalue weighted by molar-refractivity contribution is 7.99. The quantitative estimate of drug-likeness (QED) is 0.375. The summed E-state index contributed by atoms with van der Waals surface area (Å²) in [4.78, 5) is 1.08. The molecule has 3 rings (SSSR count). The van der Waals surface area contributed by atoms with Gasteiger partial charge in [-0.3, -0.25) is 0 Å². The molecule has 2 heterocycles. The normalized spacial score (nSPS) is 27.1. The van der Waals surface area contributed by atoms with Gasteiger partial charge in [-0.2, -0.15) is 9.50 Å². The van der Waals surface area contributed by atoms with Crippen LogP contribution in [0.5, 0.6) is 0 Å². The van der Waals surface area contributed by atoms with Crippen LogP contribution in [0.1, 0.15) is 4.88 Å². The lowest BCUT2D eigenvalue weighted by Gasteiger charge is -2.42. The molecule has 0 spiro atoms. The molecule has 1 fully saturated rings. The molecule has 2 aromatic rings. The minimum Gasteiger partial charge on any atom is -0.394 e. The zero-order valence-electron chi connectivity index (χ0n) is 15.2. The second-order valence-corrected chi connectivity index (χ2v) is 9.36. The van der Waals surface area contributed by atoms with Gasteiger partial charge in [0.25, 0.3) is 0 Å². The van der Waals surface area contributed by atoms with Crippen LogP contribution in [-0.4, -0.2) is 51.7 Å². The van der Waals surface area contributed by atoms with Gasteiger partial charge in [-0.05, 0) is 30.3 Å². The highest BCUT2D eigenvalue weighted by Gasteiger charge is 2.44. The molecule has 1 aromatic carbocycles. The van der Waals surface area contributed by atoms with E-state index in [2.05, 4.69) is 10.4 Å².